The Morgan fingerprint density at radius 3 is 2.60 bits per heavy atom. The molecule has 0 saturated heterocycles. The van der Waals surface area contributed by atoms with Gasteiger partial charge in [0.2, 0.25) is 6.54 Å². The van der Waals surface area contributed by atoms with Crippen molar-refractivity contribution in [2.75, 3.05) is 6.54 Å². The van der Waals surface area contributed by atoms with Crippen molar-refractivity contribution in [3.05, 3.63) is 23.6 Å². The maximum Gasteiger partial charge on any atom is 0.217 e. The van der Waals surface area contributed by atoms with Crippen molar-refractivity contribution in [3.63, 3.8) is 0 Å². The highest BCUT2D eigenvalue weighted by atomic mass is 14.6. The highest BCUT2D eigenvalue weighted by molar-refractivity contribution is 4.99. The van der Waals surface area contributed by atoms with Crippen LogP contribution in [0.1, 0.15) is 25.7 Å². The van der Waals surface area contributed by atoms with E-state index in [1.54, 1.807) is 0 Å². The minimum Gasteiger partial charge on any atom is -0.317 e. The third-order valence-corrected chi connectivity index (χ3v) is 2.16. The Morgan fingerprint density at radius 2 is 2.10 bits per heavy atom. The van der Waals surface area contributed by atoms with E-state index in [0.29, 0.717) is 5.92 Å². The second kappa shape index (κ2) is 3.41. The molecule has 0 radical (unpaired) electrons. The molecule has 54 valence electrons. The quantitative estimate of drug-likeness (QED) is 0.384. The molecule has 0 amide bonds. The van der Waals surface area contributed by atoms with Crippen molar-refractivity contribution in [2.24, 2.45) is 5.92 Å². The Morgan fingerprint density at radius 1 is 1.50 bits per heavy atom. The maximum atomic E-state index is 6.69. The van der Waals surface area contributed by atoms with E-state index in [0.717, 1.165) is 19.4 Å². The summed E-state index contributed by atoms with van der Waals surface area (Å²) in [6, 6.07) is 0. The van der Waals surface area contributed by atoms with E-state index < -0.39 is 0 Å². The van der Waals surface area contributed by atoms with Gasteiger partial charge in [0.25, 0.3) is 0 Å². The monoisotopic (exact) mass is 135 g/mol. The summed E-state index contributed by atoms with van der Waals surface area (Å²) in [4.78, 5) is 3.40. The molecule has 1 aliphatic carbocycles. The SMILES string of the molecule is [C-]#[N+]CC1CCC(=C)CC1. The fourth-order valence-electron chi connectivity index (χ4n) is 1.40. The van der Waals surface area contributed by atoms with Gasteiger partial charge < -0.3 is 4.85 Å². The van der Waals surface area contributed by atoms with E-state index in [9.17, 15) is 0 Å². The van der Waals surface area contributed by atoms with Crippen LogP contribution in [-0.2, 0) is 0 Å². The molecule has 1 nitrogen and oxygen atoms in total. The van der Waals surface area contributed by atoms with Gasteiger partial charge >= 0.3 is 0 Å². The highest BCUT2D eigenvalue weighted by Gasteiger charge is 2.16. The fraction of sp³-hybridized carbons (Fsp3) is 0.667. The summed E-state index contributed by atoms with van der Waals surface area (Å²) >= 11 is 0. The van der Waals surface area contributed by atoms with Gasteiger partial charge in [-0.15, -0.1) is 0 Å². The molecule has 1 rings (SSSR count). The second-order valence-electron chi connectivity index (χ2n) is 3.03. The number of allylic oxidation sites excluding steroid dienone is 1. The summed E-state index contributed by atoms with van der Waals surface area (Å²) in [7, 11) is 0. The van der Waals surface area contributed by atoms with Crippen LogP contribution in [0.25, 0.3) is 4.85 Å². The summed E-state index contributed by atoms with van der Waals surface area (Å²) in [5.41, 5.74) is 1.38. The molecule has 1 aliphatic rings. The molecule has 0 bridgehead atoms. The number of nitrogens with zero attached hydrogens (tertiary/aromatic N) is 1. The van der Waals surface area contributed by atoms with Crippen molar-refractivity contribution < 1.29 is 0 Å². The zero-order valence-corrected chi connectivity index (χ0v) is 6.27. The Hall–Kier alpha value is -0.770. The van der Waals surface area contributed by atoms with Crippen LogP contribution >= 0.6 is 0 Å². The van der Waals surface area contributed by atoms with Gasteiger partial charge in [0.1, 0.15) is 0 Å². The molecule has 10 heavy (non-hydrogen) atoms. The van der Waals surface area contributed by atoms with Gasteiger partial charge in [-0.25, -0.2) is 6.57 Å². The van der Waals surface area contributed by atoms with Gasteiger partial charge in [0.15, 0.2) is 0 Å². The number of rotatable bonds is 1. The van der Waals surface area contributed by atoms with E-state index in [1.165, 1.54) is 18.4 Å². The molecule has 0 aromatic heterocycles. The Balaban J connectivity index is 2.27. The van der Waals surface area contributed by atoms with Crippen molar-refractivity contribution in [3.8, 4) is 0 Å². The Labute approximate surface area is 62.6 Å². The topological polar surface area (TPSA) is 4.36 Å². The molecule has 0 aliphatic heterocycles. The van der Waals surface area contributed by atoms with Gasteiger partial charge in [-0.05, 0) is 25.7 Å². The first-order chi connectivity index (χ1) is 4.83. The second-order valence-corrected chi connectivity index (χ2v) is 3.03. The van der Waals surface area contributed by atoms with Crippen LogP contribution < -0.4 is 0 Å². The predicted molar refractivity (Wildman–Crippen MR) is 42.6 cm³/mol. The van der Waals surface area contributed by atoms with Crippen molar-refractivity contribution in [2.45, 2.75) is 25.7 Å². The summed E-state index contributed by atoms with van der Waals surface area (Å²) in [5, 5.41) is 0. The molecule has 1 heteroatoms. The van der Waals surface area contributed by atoms with E-state index >= 15 is 0 Å². The summed E-state index contributed by atoms with van der Waals surface area (Å²) in [6.45, 7) is 11.4. The summed E-state index contributed by atoms with van der Waals surface area (Å²) in [5.74, 6) is 0.669. The van der Waals surface area contributed by atoms with Crippen LogP contribution in [0.4, 0.5) is 0 Å². The average Bonchev–Trinajstić information content (AvgIpc) is 1.95. The lowest BCUT2D eigenvalue weighted by Gasteiger charge is -2.18. The molecular formula is C9H13N. The van der Waals surface area contributed by atoms with Gasteiger partial charge in [0.05, 0.1) is 0 Å². The van der Waals surface area contributed by atoms with Crippen LogP contribution in [0.15, 0.2) is 12.2 Å². The molecule has 0 atom stereocenters. The van der Waals surface area contributed by atoms with Crippen molar-refractivity contribution in [1.29, 1.82) is 0 Å². The normalized spacial score (nSPS) is 20.5. The van der Waals surface area contributed by atoms with Crippen LogP contribution in [-0.4, -0.2) is 6.54 Å². The lowest BCUT2D eigenvalue weighted by Crippen LogP contribution is -2.09. The molecule has 0 unspecified atom stereocenters. The molecule has 1 saturated carbocycles. The molecule has 0 heterocycles. The van der Waals surface area contributed by atoms with Crippen LogP contribution in [0.3, 0.4) is 0 Å². The van der Waals surface area contributed by atoms with Gasteiger partial charge in [-0.1, -0.05) is 12.2 Å². The lowest BCUT2D eigenvalue weighted by molar-refractivity contribution is 0.436. The lowest BCUT2D eigenvalue weighted by atomic mass is 9.87. The van der Waals surface area contributed by atoms with Gasteiger partial charge in [0, 0.05) is 5.92 Å². The van der Waals surface area contributed by atoms with Gasteiger partial charge in [-0.2, -0.15) is 0 Å². The van der Waals surface area contributed by atoms with E-state index in [2.05, 4.69) is 11.4 Å². The highest BCUT2D eigenvalue weighted by Crippen LogP contribution is 2.26. The van der Waals surface area contributed by atoms with E-state index in [-0.39, 0.29) is 0 Å². The fourth-order valence-corrected chi connectivity index (χ4v) is 1.40. The summed E-state index contributed by atoms with van der Waals surface area (Å²) in [6.07, 6.45) is 4.70. The standard InChI is InChI=1S/C9H13N/c1-8-3-5-9(6-4-8)7-10-2/h9H,1,3-7H2. The van der Waals surface area contributed by atoms with Crippen molar-refractivity contribution in [1.82, 2.24) is 0 Å². The zero-order chi connectivity index (χ0) is 7.40. The maximum absolute atomic E-state index is 6.69. The first-order valence-corrected chi connectivity index (χ1v) is 3.83. The van der Waals surface area contributed by atoms with Crippen LogP contribution in [0.5, 0.6) is 0 Å². The minimum absolute atomic E-state index is 0.669. The van der Waals surface area contributed by atoms with Crippen LogP contribution in [0, 0.1) is 12.5 Å². The largest absolute Gasteiger partial charge is 0.317 e. The van der Waals surface area contributed by atoms with E-state index in [1.807, 2.05) is 0 Å². The average molecular weight is 135 g/mol. The predicted octanol–water partition coefficient (Wildman–Crippen LogP) is 2.65. The smallest absolute Gasteiger partial charge is 0.217 e. The first-order valence-electron chi connectivity index (χ1n) is 3.83. The third-order valence-electron chi connectivity index (χ3n) is 2.16. The molecule has 0 aromatic rings. The molecular weight excluding hydrogens is 122 g/mol. The third kappa shape index (κ3) is 1.88. The zero-order valence-electron chi connectivity index (χ0n) is 6.27. The van der Waals surface area contributed by atoms with Crippen LogP contribution in [0.2, 0.25) is 0 Å². The Bertz CT molecular complexity index is 154. The number of hydrogen-bond donors (Lipinski definition) is 0. The Kier molecular flexibility index (Phi) is 2.50. The molecule has 0 aromatic carbocycles. The molecule has 1 fully saturated rings. The van der Waals surface area contributed by atoms with E-state index in [4.69, 9.17) is 6.57 Å². The number of hydrogen-bond acceptors (Lipinski definition) is 0. The van der Waals surface area contributed by atoms with Gasteiger partial charge in [-0.3, -0.25) is 0 Å². The molecule has 0 spiro atoms. The minimum atomic E-state index is 0.669. The summed E-state index contributed by atoms with van der Waals surface area (Å²) < 4.78 is 0. The van der Waals surface area contributed by atoms with Crippen molar-refractivity contribution >= 4 is 0 Å². The molecule has 0 N–H and O–H groups in total. The first kappa shape index (κ1) is 7.34.